The van der Waals surface area contributed by atoms with E-state index in [9.17, 15) is 9.59 Å². The number of amides is 2. The van der Waals surface area contributed by atoms with Gasteiger partial charge in [0.2, 0.25) is 0 Å². The molecule has 2 aromatic heterocycles. The van der Waals surface area contributed by atoms with Crippen LogP contribution >= 0.6 is 0 Å². The van der Waals surface area contributed by atoms with Crippen molar-refractivity contribution in [2.75, 3.05) is 12.4 Å². The molecule has 0 atom stereocenters. The lowest BCUT2D eigenvalue weighted by atomic mass is 10.2. The molecule has 0 bridgehead atoms. The van der Waals surface area contributed by atoms with Crippen LogP contribution in [-0.2, 0) is 14.1 Å². The smallest absolute Gasteiger partial charge is 0.273 e. The van der Waals surface area contributed by atoms with Gasteiger partial charge < -0.3 is 10.6 Å². The van der Waals surface area contributed by atoms with Gasteiger partial charge in [-0.05, 0) is 6.92 Å². The summed E-state index contributed by atoms with van der Waals surface area (Å²) in [5.41, 5.74) is 1.61. The highest BCUT2D eigenvalue weighted by Gasteiger charge is 2.19. The molecule has 20 heavy (non-hydrogen) atoms. The van der Waals surface area contributed by atoms with Crippen molar-refractivity contribution in [3.8, 4) is 0 Å². The van der Waals surface area contributed by atoms with E-state index in [2.05, 4.69) is 20.8 Å². The van der Waals surface area contributed by atoms with Crippen molar-refractivity contribution in [3.05, 3.63) is 29.3 Å². The van der Waals surface area contributed by atoms with Gasteiger partial charge in [-0.2, -0.15) is 10.2 Å². The Morgan fingerprint density at radius 2 is 1.75 bits per heavy atom. The first-order valence-corrected chi connectivity index (χ1v) is 5.99. The molecule has 2 rings (SSSR count). The van der Waals surface area contributed by atoms with Crippen LogP contribution in [0.1, 0.15) is 26.5 Å². The van der Waals surface area contributed by atoms with Gasteiger partial charge in [0.05, 0.1) is 16.9 Å². The van der Waals surface area contributed by atoms with E-state index in [1.807, 2.05) is 0 Å². The highest BCUT2D eigenvalue weighted by molar-refractivity contribution is 6.08. The number of anilines is 1. The maximum absolute atomic E-state index is 12.2. The second-order valence-electron chi connectivity index (χ2n) is 4.40. The highest BCUT2D eigenvalue weighted by Crippen LogP contribution is 2.15. The van der Waals surface area contributed by atoms with E-state index in [-0.39, 0.29) is 17.5 Å². The van der Waals surface area contributed by atoms with Crippen LogP contribution in [0.4, 0.5) is 5.69 Å². The van der Waals surface area contributed by atoms with Crippen LogP contribution in [0.3, 0.4) is 0 Å². The minimum Gasteiger partial charge on any atom is -0.354 e. The van der Waals surface area contributed by atoms with Gasteiger partial charge in [-0.1, -0.05) is 0 Å². The molecule has 2 N–H and O–H groups in total. The van der Waals surface area contributed by atoms with Crippen LogP contribution in [0.2, 0.25) is 0 Å². The summed E-state index contributed by atoms with van der Waals surface area (Å²) >= 11 is 0. The lowest BCUT2D eigenvalue weighted by Gasteiger charge is -2.03. The first kappa shape index (κ1) is 13.8. The van der Waals surface area contributed by atoms with Crippen molar-refractivity contribution in [2.45, 2.75) is 6.92 Å². The van der Waals surface area contributed by atoms with Gasteiger partial charge >= 0.3 is 0 Å². The standard InChI is InChI=1S/C12H16N6O2/c1-7-8(5-17(3)15-7)11(19)14-9-6-18(4)16-10(9)12(20)13-2/h5-6H,1-4H3,(H,13,20)(H,14,19). The lowest BCUT2D eigenvalue weighted by Crippen LogP contribution is -2.21. The Balaban J connectivity index is 2.28. The molecule has 2 amide bonds. The average molecular weight is 276 g/mol. The summed E-state index contributed by atoms with van der Waals surface area (Å²) < 4.78 is 3.03. The van der Waals surface area contributed by atoms with E-state index < -0.39 is 0 Å². The number of rotatable bonds is 3. The summed E-state index contributed by atoms with van der Waals surface area (Å²) in [6.45, 7) is 1.75. The van der Waals surface area contributed by atoms with Crippen LogP contribution in [0.25, 0.3) is 0 Å². The summed E-state index contributed by atoms with van der Waals surface area (Å²) in [7, 11) is 4.93. The normalized spacial score (nSPS) is 10.4. The molecular weight excluding hydrogens is 260 g/mol. The number of nitrogens with one attached hydrogen (secondary N) is 2. The van der Waals surface area contributed by atoms with E-state index in [1.54, 1.807) is 38.1 Å². The first-order chi connectivity index (χ1) is 9.42. The molecule has 0 aliphatic heterocycles. The van der Waals surface area contributed by atoms with Gasteiger partial charge in [0.1, 0.15) is 0 Å². The summed E-state index contributed by atoms with van der Waals surface area (Å²) in [4.78, 5) is 23.9. The Kier molecular flexibility index (Phi) is 3.55. The number of aromatic nitrogens is 4. The van der Waals surface area contributed by atoms with Gasteiger partial charge in [-0.15, -0.1) is 0 Å². The molecule has 8 nitrogen and oxygen atoms in total. The molecule has 0 aromatic carbocycles. The monoisotopic (exact) mass is 276 g/mol. The quantitative estimate of drug-likeness (QED) is 0.829. The van der Waals surface area contributed by atoms with Crippen molar-refractivity contribution in [1.82, 2.24) is 24.9 Å². The molecule has 8 heteroatoms. The minimum absolute atomic E-state index is 0.171. The second kappa shape index (κ2) is 5.16. The van der Waals surface area contributed by atoms with Gasteiger partial charge in [-0.3, -0.25) is 19.0 Å². The van der Waals surface area contributed by atoms with E-state index in [0.29, 0.717) is 16.9 Å². The molecule has 0 fully saturated rings. The fourth-order valence-corrected chi connectivity index (χ4v) is 1.88. The molecule has 0 saturated carbocycles. The summed E-state index contributed by atoms with van der Waals surface area (Å²) in [6.07, 6.45) is 3.20. The van der Waals surface area contributed by atoms with Crippen LogP contribution < -0.4 is 10.6 Å². The molecular formula is C12H16N6O2. The molecule has 0 aliphatic carbocycles. The summed E-state index contributed by atoms with van der Waals surface area (Å²) in [5, 5.41) is 13.3. The van der Waals surface area contributed by atoms with Crippen LogP contribution in [0, 0.1) is 6.92 Å². The number of carbonyl (C=O) groups excluding carboxylic acids is 2. The molecule has 0 unspecified atom stereocenters. The van der Waals surface area contributed by atoms with Crippen LogP contribution in [0.15, 0.2) is 12.4 Å². The Labute approximate surface area is 115 Å². The van der Waals surface area contributed by atoms with E-state index in [4.69, 9.17) is 0 Å². The molecule has 0 spiro atoms. The largest absolute Gasteiger partial charge is 0.354 e. The van der Waals surface area contributed by atoms with Crippen molar-refractivity contribution >= 4 is 17.5 Å². The number of aryl methyl sites for hydroxylation is 3. The van der Waals surface area contributed by atoms with Gasteiger partial charge in [0, 0.05) is 33.5 Å². The second-order valence-corrected chi connectivity index (χ2v) is 4.40. The highest BCUT2D eigenvalue weighted by atomic mass is 16.2. The molecule has 106 valence electrons. The average Bonchev–Trinajstić information content (AvgIpc) is 2.91. The molecule has 0 radical (unpaired) electrons. The van der Waals surface area contributed by atoms with Gasteiger partial charge in [0.15, 0.2) is 5.69 Å². The predicted octanol–water partition coefficient (Wildman–Crippen LogP) is 0.0739. The number of hydrogen-bond donors (Lipinski definition) is 2. The Morgan fingerprint density at radius 1 is 1.10 bits per heavy atom. The Morgan fingerprint density at radius 3 is 2.30 bits per heavy atom. The van der Waals surface area contributed by atoms with Crippen molar-refractivity contribution in [2.24, 2.45) is 14.1 Å². The third-order valence-corrected chi connectivity index (χ3v) is 2.78. The van der Waals surface area contributed by atoms with E-state index in [0.717, 1.165) is 0 Å². The topological polar surface area (TPSA) is 93.8 Å². The van der Waals surface area contributed by atoms with Crippen molar-refractivity contribution in [1.29, 1.82) is 0 Å². The number of carbonyl (C=O) groups is 2. The maximum Gasteiger partial charge on any atom is 0.273 e. The SMILES string of the molecule is CNC(=O)c1nn(C)cc1NC(=O)c1cn(C)nc1C. The fourth-order valence-electron chi connectivity index (χ4n) is 1.88. The number of nitrogens with zero attached hydrogens (tertiary/aromatic N) is 4. The van der Waals surface area contributed by atoms with Crippen molar-refractivity contribution in [3.63, 3.8) is 0 Å². The van der Waals surface area contributed by atoms with Crippen LogP contribution in [0.5, 0.6) is 0 Å². The van der Waals surface area contributed by atoms with Gasteiger partial charge in [0.25, 0.3) is 11.8 Å². The zero-order valence-electron chi connectivity index (χ0n) is 11.8. The summed E-state index contributed by atoms with van der Waals surface area (Å²) in [6, 6.07) is 0. The molecule has 2 aromatic rings. The van der Waals surface area contributed by atoms with Gasteiger partial charge in [-0.25, -0.2) is 0 Å². The zero-order chi connectivity index (χ0) is 14.9. The zero-order valence-corrected chi connectivity index (χ0v) is 11.8. The Hall–Kier alpha value is -2.64. The molecule has 0 aliphatic rings. The minimum atomic E-state index is -0.358. The first-order valence-electron chi connectivity index (χ1n) is 5.99. The van der Waals surface area contributed by atoms with Crippen molar-refractivity contribution < 1.29 is 9.59 Å². The Bertz CT molecular complexity index is 670. The number of hydrogen-bond acceptors (Lipinski definition) is 4. The third-order valence-electron chi connectivity index (χ3n) is 2.78. The maximum atomic E-state index is 12.2. The lowest BCUT2D eigenvalue weighted by molar-refractivity contribution is 0.0958. The molecule has 0 saturated heterocycles. The van der Waals surface area contributed by atoms with E-state index in [1.165, 1.54) is 11.7 Å². The third kappa shape index (κ3) is 2.53. The fraction of sp³-hybridized carbons (Fsp3) is 0.333. The predicted molar refractivity (Wildman–Crippen MR) is 72.5 cm³/mol. The van der Waals surface area contributed by atoms with E-state index >= 15 is 0 Å². The van der Waals surface area contributed by atoms with Crippen LogP contribution in [-0.4, -0.2) is 38.4 Å². The summed E-state index contributed by atoms with van der Waals surface area (Å²) in [5.74, 6) is -0.683. The molecule has 2 heterocycles.